The van der Waals surface area contributed by atoms with E-state index in [0.717, 1.165) is 12.1 Å². The van der Waals surface area contributed by atoms with Gasteiger partial charge in [-0.05, 0) is 29.8 Å². The highest BCUT2D eigenvalue weighted by Gasteiger charge is 2.38. The molecule has 2 amide bonds. The average molecular weight is 420 g/mol. The van der Waals surface area contributed by atoms with E-state index in [4.69, 9.17) is 5.84 Å². The maximum Gasteiger partial charge on any atom is 0.416 e. The van der Waals surface area contributed by atoms with Gasteiger partial charge in [0.05, 0.1) is 11.5 Å². The molecule has 1 atom stereocenters. The van der Waals surface area contributed by atoms with Crippen LogP contribution in [0.15, 0.2) is 53.5 Å². The molecular weight excluding hydrogens is 401 g/mol. The van der Waals surface area contributed by atoms with Crippen LogP contribution in [0.1, 0.15) is 27.4 Å². The molecule has 1 aliphatic rings. The van der Waals surface area contributed by atoms with Crippen LogP contribution < -0.4 is 27.0 Å². The molecule has 0 fully saturated rings. The molecule has 1 aliphatic heterocycles. The zero-order valence-corrected chi connectivity index (χ0v) is 15.8. The largest absolute Gasteiger partial charge is 0.416 e. The Bertz CT molecular complexity index is 992. The number of nitrogens with one attached hydrogen (secondary N) is 3. The normalized spacial score (nSPS) is 16.2. The third-order valence-electron chi connectivity index (χ3n) is 4.62. The van der Waals surface area contributed by atoms with Gasteiger partial charge in [-0.1, -0.05) is 24.3 Å². The molecule has 0 saturated heterocycles. The number of alkyl halides is 3. The second-order valence-electron chi connectivity index (χ2n) is 6.44. The number of anilines is 1. The Morgan fingerprint density at radius 2 is 1.90 bits per heavy atom. The maximum absolute atomic E-state index is 13.0. The number of nitrogens with two attached hydrogens (primary N) is 1. The van der Waals surface area contributed by atoms with Crippen molar-refractivity contribution < 1.29 is 22.8 Å². The van der Waals surface area contributed by atoms with Crippen LogP contribution in [-0.4, -0.2) is 31.4 Å². The summed E-state index contributed by atoms with van der Waals surface area (Å²) in [5, 5.41) is 2.55. The molecule has 0 spiro atoms. The summed E-state index contributed by atoms with van der Waals surface area (Å²) in [7, 11) is 1.44. The number of fused-ring (bicyclic) bond motifs is 1. The second-order valence-corrected chi connectivity index (χ2v) is 6.44. The zero-order chi connectivity index (χ0) is 21.9. The fraction of sp³-hybridized carbons (Fsp3) is 0.211. The molecular formula is C19H19F3N6O2. The summed E-state index contributed by atoms with van der Waals surface area (Å²) in [6.45, 7) is -0.0344. The lowest BCUT2D eigenvalue weighted by molar-refractivity contribution is -0.137. The van der Waals surface area contributed by atoms with Gasteiger partial charge in [-0.2, -0.15) is 18.7 Å². The van der Waals surface area contributed by atoms with E-state index in [2.05, 4.69) is 21.3 Å². The second kappa shape index (κ2) is 8.51. The monoisotopic (exact) mass is 420 g/mol. The molecule has 158 valence electrons. The van der Waals surface area contributed by atoms with E-state index in [0.29, 0.717) is 11.3 Å². The minimum absolute atomic E-state index is 0.0344. The van der Waals surface area contributed by atoms with Crippen LogP contribution in [0.5, 0.6) is 0 Å². The van der Waals surface area contributed by atoms with Gasteiger partial charge in [-0.25, -0.2) is 0 Å². The number of hydrazine groups is 2. The van der Waals surface area contributed by atoms with Crippen molar-refractivity contribution in [2.24, 2.45) is 10.8 Å². The molecule has 0 aromatic heterocycles. The van der Waals surface area contributed by atoms with Crippen molar-refractivity contribution in [3.05, 3.63) is 65.2 Å². The Morgan fingerprint density at radius 3 is 2.57 bits per heavy atom. The highest BCUT2D eigenvalue weighted by molar-refractivity contribution is 6.10. The third kappa shape index (κ3) is 4.26. The summed E-state index contributed by atoms with van der Waals surface area (Å²) in [6, 6.07) is 10.9. The summed E-state index contributed by atoms with van der Waals surface area (Å²) in [5.41, 5.74) is 4.59. The number of carbonyl (C=O) groups excluding carboxylic acids is 2. The number of hydrogen-bond acceptors (Lipinski definition) is 5. The van der Waals surface area contributed by atoms with E-state index in [1.54, 1.807) is 24.3 Å². The molecule has 30 heavy (non-hydrogen) atoms. The van der Waals surface area contributed by atoms with Gasteiger partial charge in [0.2, 0.25) is 11.9 Å². The maximum atomic E-state index is 13.0. The van der Waals surface area contributed by atoms with E-state index in [9.17, 15) is 22.8 Å². The van der Waals surface area contributed by atoms with E-state index in [1.165, 1.54) is 24.1 Å². The molecule has 0 saturated carbocycles. The Labute approximate surface area is 169 Å². The van der Waals surface area contributed by atoms with E-state index < -0.39 is 29.5 Å². The fourth-order valence-corrected chi connectivity index (χ4v) is 3.22. The SMILES string of the molecule is CN=C(NNN)NC(=O)C1CN(C(=O)c2cccc(C(F)(F)F)c2)c2ccccc21. The van der Waals surface area contributed by atoms with Crippen LogP contribution in [0.3, 0.4) is 0 Å². The van der Waals surface area contributed by atoms with Gasteiger partial charge in [0.25, 0.3) is 5.91 Å². The number of benzene rings is 2. The topological polar surface area (TPSA) is 112 Å². The zero-order valence-electron chi connectivity index (χ0n) is 15.8. The van der Waals surface area contributed by atoms with Gasteiger partial charge in [-0.15, -0.1) is 0 Å². The highest BCUT2D eigenvalue weighted by atomic mass is 19.4. The lowest BCUT2D eigenvalue weighted by Crippen LogP contribution is -2.51. The standard InChI is InChI=1S/C19H19F3N6O2/c1-24-18(26-27-23)25-16(29)14-10-28(15-8-3-2-7-13(14)15)17(30)11-5-4-6-12(9-11)19(20,21)22/h2-9,14,27H,10,23H2,1H3,(H2,24,25,26,29). The minimum atomic E-state index is -4.57. The van der Waals surface area contributed by atoms with Crippen LogP contribution in [0, 0.1) is 0 Å². The quantitative estimate of drug-likeness (QED) is 0.260. The van der Waals surface area contributed by atoms with E-state index in [1.807, 2.05) is 0 Å². The molecule has 1 heterocycles. The van der Waals surface area contributed by atoms with Crippen molar-refractivity contribution in [3.63, 3.8) is 0 Å². The number of nitrogens with zero attached hydrogens (tertiary/aromatic N) is 2. The molecule has 3 rings (SSSR count). The molecule has 8 nitrogen and oxygen atoms in total. The molecule has 11 heteroatoms. The summed E-state index contributed by atoms with van der Waals surface area (Å²) in [4.78, 5) is 30.9. The summed E-state index contributed by atoms with van der Waals surface area (Å²) in [6.07, 6.45) is -4.57. The van der Waals surface area contributed by atoms with Crippen molar-refractivity contribution in [3.8, 4) is 0 Å². The summed E-state index contributed by atoms with van der Waals surface area (Å²) in [5.74, 6) is 3.40. The van der Waals surface area contributed by atoms with Crippen LogP contribution in [0.25, 0.3) is 0 Å². The molecule has 1 unspecified atom stereocenters. The average Bonchev–Trinajstić information content (AvgIpc) is 3.12. The lowest BCUT2D eigenvalue weighted by atomic mass is 10.0. The molecule has 0 bridgehead atoms. The van der Waals surface area contributed by atoms with Crippen molar-refractivity contribution in [2.45, 2.75) is 12.1 Å². The van der Waals surface area contributed by atoms with Gasteiger partial charge >= 0.3 is 6.18 Å². The Kier molecular flexibility index (Phi) is 6.04. The van der Waals surface area contributed by atoms with Gasteiger partial charge in [-0.3, -0.25) is 31.2 Å². The Hall–Kier alpha value is -3.44. The third-order valence-corrected chi connectivity index (χ3v) is 4.62. The predicted molar refractivity (Wildman–Crippen MR) is 104 cm³/mol. The van der Waals surface area contributed by atoms with Crippen LogP contribution in [-0.2, 0) is 11.0 Å². The first-order valence-corrected chi connectivity index (χ1v) is 8.83. The van der Waals surface area contributed by atoms with E-state index >= 15 is 0 Å². The number of amides is 2. The number of rotatable bonds is 3. The van der Waals surface area contributed by atoms with E-state index in [-0.39, 0.29) is 18.1 Å². The van der Waals surface area contributed by atoms with Gasteiger partial charge < -0.3 is 4.90 Å². The predicted octanol–water partition coefficient (Wildman–Crippen LogP) is 1.52. The van der Waals surface area contributed by atoms with Gasteiger partial charge in [0, 0.05) is 24.8 Å². The van der Waals surface area contributed by atoms with Crippen LogP contribution in [0.4, 0.5) is 18.9 Å². The smallest absolute Gasteiger partial charge is 0.307 e. The van der Waals surface area contributed by atoms with Crippen LogP contribution >= 0.6 is 0 Å². The first-order valence-electron chi connectivity index (χ1n) is 8.83. The number of para-hydroxylation sites is 1. The molecule has 0 aliphatic carbocycles. The summed E-state index contributed by atoms with van der Waals surface area (Å²) >= 11 is 0. The molecule has 0 radical (unpaired) electrons. The number of halogens is 3. The molecule has 2 aromatic carbocycles. The lowest BCUT2D eigenvalue weighted by Gasteiger charge is -2.19. The number of hydrogen-bond donors (Lipinski definition) is 4. The van der Waals surface area contributed by atoms with Crippen LogP contribution in [0.2, 0.25) is 0 Å². The van der Waals surface area contributed by atoms with Gasteiger partial charge in [0.15, 0.2) is 0 Å². The molecule has 2 aromatic rings. The first-order chi connectivity index (χ1) is 14.3. The first kappa shape index (κ1) is 21.3. The van der Waals surface area contributed by atoms with Crippen molar-refractivity contribution in [1.82, 2.24) is 16.3 Å². The Morgan fingerprint density at radius 1 is 1.17 bits per heavy atom. The Balaban J connectivity index is 1.89. The van der Waals surface area contributed by atoms with Crippen molar-refractivity contribution in [2.75, 3.05) is 18.5 Å². The number of aliphatic imine (C=N–C) groups is 1. The highest BCUT2D eigenvalue weighted by Crippen LogP contribution is 2.37. The molecule has 5 N–H and O–H groups in total. The van der Waals surface area contributed by atoms with Gasteiger partial charge in [0.1, 0.15) is 0 Å². The summed E-state index contributed by atoms with van der Waals surface area (Å²) < 4.78 is 39.1. The fourth-order valence-electron chi connectivity index (χ4n) is 3.22. The number of guanidine groups is 1. The number of carbonyl (C=O) groups is 2. The van der Waals surface area contributed by atoms with Crippen molar-refractivity contribution in [1.29, 1.82) is 0 Å². The van der Waals surface area contributed by atoms with Crippen molar-refractivity contribution >= 4 is 23.5 Å². The minimum Gasteiger partial charge on any atom is -0.307 e.